The summed E-state index contributed by atoms with van der Waals surface area (Å²) in [6.07, 6.45) is 0.114. The van der Waals surface area contributed by atoms with Gasteiger partial charge in [0.2, 0.25) is 11.8 Å². The minimum atomic E-state index is -0.457. The summed E-state index contributed by atoms with van der Waals surface area (Å²) in [5.41, 5.74) is 7.94. The zero-order valence-corrected chi connectivity index (χ0v) is 10.4. The number of nitrogens with two attached hydrogens (primary N) is 1. The summed E-state index contributed by atoms with van der Waals surface area (Å²) in [5, 5.41) is 2.82. The molecule has 0 fully saturated rings. The van der Waals surface area contributed by atoms with Gasteiger partial charge in [-0.25, -0.2) is 0 Å². The van der Waals surface area contributed by atoms with Crippen molar-refractivity contribution in [1.29, 1.82) is 0 Å². The average molecular weight is 234 g/mol. The predicted octanol–water partition coefficient (Wildman–Crippen LogP) is 1.75. The third-order valence-electron chi connectivity index (χ3n) is 2.72. The molecule has 2 amide bonds. The molecule has 3 N–H and O–H groups in total. The molecule has 4 nitrogen and oxygen atoms in total. The highest BCUT2D eigenvalue weighted by atomic mass is 16.2. The lowest BCUT2D eigenvalue weighted by atomic mass is 10.1. The van der Waals surface area contributed by atoms with Crippen LogP contribution in [0.25, 0.3) is 0 Å². The van der Waals surface area contributed by atoms with Gasteiger partial charge in [0.15, 0.2) is 0 Å². The van der Waals surface area contributed by atoms with E-state index in [2.05, 4.69) is 5.32 Å². The molecule has 4 heteroatoms. The number of carbonyl (C=O) groups excluding carboxylic acids is 2. The topological polar surface area (TPSA) is 72.2 Å². The van der Waals surface area contributed by atoms with E-state index in [-0.39, 0.29) is 12.3 Å². The van der Waals surface area contributed by atoms with E-state index in [1.54, 1.807) is 6.92 Å². The molecule has 0 spiro atoms. The van der Waals surface area contributed by atoms with Gasteiger partial charge in [0.05, 0.1) is 0 Å². The Balaban J connectivity index is 2.72. The highest BCUT2D eigenvalue weighted by Crippen LogP contribution is 2.19. The Morgan fingerprint density at radius 1 is 1.29 bits per heavy atom. The van der Waals surface area contributed by atoms with Crippen molar-refractivity contribution in [2.75, 3.05) is 5.32 Å². The lowest BCUT2D eigenvalue weighted by molar-refractivity contribution is -0.125. The molecule has 0 saturated carbocycles. The van der Waals surface area contributed by atoms with Crippen LogP contribution in [-0.2, 0) is 9.59 Å². The van der Waals surface area contributed by atoms with Gasteiger partial charge in [0.1, 0.15) is 0 Å². The fraction of sp³-hybridized carbons (Fsp3) is 0.385. The lowest BCUT2D eigenvalue weighted by Gasteiger charge is -2.12. The monoisotopic (exact) mass is 234 g/mol. The van der Waals surface area contributed by atoms with Gasteiger partial charge >= 0.3 is 0 Å². The summed E-state index contributed by atoms with van der Waals surface area (Å²) in [7, 11) is 0. The van der Waals surface area contributed by atoms with Gasteiger partial charge in [-0.05, 0) is 25.0 Å². The second-order valence-corrected chi connectivity index (χ2v) is 4.32. The first-order chi connectivity index (χ1) is 7.91. The summed E-state index contributed by atoms with van der Waals surface area (Å²) in [5.74, 6) is -1.09. The van der Waals surface area contributed by atoms with Crippen molar-refractivity contribution in [3.05, 3.63) is 29.3 Å². The zero-order chi connectivity index (χ0) is 13.0. The quantitative estimate of drug-likeness (QED) is 0.833. The summed E-state index contributed by atoms with van der Waals surface area (Å²) in [4.78, 5) is 22.6. The molecule has 1 aromatic rings. The van der Waals surface area contributed by atoms with Crippen molar-refractivity contribution < 1.29 is 9.59 Å². The molecule has 0 aliphatic heterocycles. The molecule has 1 atom stereocenters. The van der Waals surface area contributed by atoms with Crippen molar-refractivity contribution >= 4 is 17.5 Å². The molecule has 1 unspecified atom stereocenters. The molecule has 0 radical (unpaired) electrons. The number of rotatable bonds is 4. The molecular formula is C13H18N2O2. The second kappa shape index (κ2) is 5.48. The predicted molar refractivity (Wildman–Crippen MR) is 67.5 cm³/mol. The molecule has 0 saturated heterocycles. The van der Waals surface area contributed by atoms with Crippen molar-refractivity contribution in [2.24, 2.45) is 11.7 Å². The first kappa shape index (κ1) is 13.2. The van der Waals surface area contributed by atoms with Crippen LogP contribution in [0.1, 0.15) is 24.5 Å². The lowest BCUT2D eigenvalue weighted by Crippen LogP contribution is -2.26. The number of carbonyl (C=O) groups is 2. The van der Waals surface area contributed by atoms with Crippen LogP contribution in [0.15, 0.2) is 18.2 Å². The van der Waals surface area contributed by atoms with E-state index in [0.717, 1.165) is 16.8 Å². The van der Waals surface area contributed by atoms with Crippen molar-refractivity contribution in [3.8, 4) is 0 Å². The van der Waals surface area contributed by atoms with E-state index in [0.29, 0.717) is 0 Å². The van der Waals surface area contributed by atoms with E-state index < -0.39 is 11.8 Å². The Bertz CT molecular complexity index is 421. The second-order valence-electron chi connectivity index (χ2n) is 4.32. The van der Waals surface area contributed by atoms with E-state index in [4.69, 9.17) is 5.73 Å². The molecule has 92 valence electrons. The Labute approximate surface area is 101 Å². The maximum Gasteiger partial charge on any atom is 0.225 e. The van der Waals surface area contributed by atoms with Gasteiger partial charge in [-0.15, -0.1) is 0 Å². The first-order valence-corrected chi connectivity index (χ1v) is 5.57. The number of para-hydroxylation sites is 1. The standard InChI is InChI=1S/C13H18N2O2/c1-8-5-4-6-9(2)12(8)15-11(16)7-10(3)13(14)17/h4-6,10H,7H2,1-3H3,(H2,14,17)(H,15,16). The number of primary amides is 1. The molecular weight excluding hydrogens is 216 g/mol. The molecule has 0 bridgehead atoms. The van der Waals surface area contributed by atoms with Crippen LogP contribution in [0, 0.1) is 19.8 Å². The number of hydrogen-bond donors (Lipinski definition) is 2. The minimum Gasteiger partial charge on any atom is -0.369 e. The summed E-state index contributed by atoms with van der Waals surface area (Å²) in [6.45, 7) is 5.51. The third kappa shape index (κ3) is 3.59. The number of nitrogens with one attached hydrogen (secondary N) is 1. The molecule has 17 heavy (non-hydrogen) atoms. The Hall–Kier alpha value is -1.84. The van der Waals surface area contributed by atoms with Gasteiger partial charge in [0, 0.05) is 18.0 Å². The van der Waals surface area contributed by atoms with Crippen LogP contribution in [0.5, 0.6) is 0 Å². The molecule has 1 rings (SSSR count). The van der Waals surface area contributed by atoms with Crippen molar-refractivity contribution in [1.82, 2.24) is 0 Å². The number of anilines is 1. The maximum absolute atomic E-state index is 11.7. The van der Waals surface area contributed by atoms with Gasteiger partial charge in [-0.1, -0.05) is 25.1 Å². The van der Waals surface area contributed by atoms with Gasteiger partial charge in [0.25, 0.3) is 0 Å². The number of aryl methyl sites for hydroxylation is 2. The first-order valence-electron chi connectivity index (χ1n) is 5.57. The summed E-state index contributed by atoms with van der Waals surface area (Å²) in [6, 6.07) is 5.80. The SMILES string of the molecule is Cc1cccc(C)c1NC(=O)CC(C)C(N)=O. The number of hydrogen-bond acceptors (Lipinski definition) is 2. The summed E-state index contributed by atoms with van der Waals surface area (Å²) < 4.78 is 0. The van der Waals surface area contributed by atoms with Crippen LogP contribution in [-0.4, -0.2) is 11.8 Å². The molecule has 0 aliphatic carbocycles. The van der Waals surface area contributed by atoms with Crippen molar-refractivity contribution in [3.63, 3.8) is 0 Å². The van der Waals surface area contributed by atoms with E-state index in [1.807, 2.05) is 32.0 Å². The zero-order valence-electron chi connectivity index (χ0n) is 10.4. The van der Waals surface area contributed by atoms with E-state index in [1.165, 1.54) is 0 Å². The van der Waals surface area contributed by atoms with E-state index >= 15 is 0 Å². The van der Waals surface area contributed by atoms with Crippen LogP contribution in [0.3, 0.4) is 0 Å². The minimum absolute atomic E-state index is 0.114. The smallest absolute Gasteiger partial charge is 0.225 e. The average Bonchev–Trinajstić information content (AvgIpc) is 2.23. The number of amides is 2. The van der Waals surface area contributed by atoms with Gasteiger partial charge in [-0.3, -0.25) is 9.59 Å². The highest BCUT2D eigenvalue weighted by Gasteiger charge is 2.15. The van der Waals surface area contributed by atoms with Crippen LogP contribution in [0.4, 0.5) is 5.69 Å². The van der Waals surface area contributed by atoms with Gasteiger partial charge < -0.3 is 11.1 Å². The van der Waals surface area contributed by atoms with Crippen LogP contribution < -0.4 is 11.1 Å². The highest BCUT2D eigenvalue weighted by molar-refractivity contribution is 5.94. The number of benzene rings is 1. The molecule has 0 heterocycles. The van der Waals surface area contributed by atoms with Gasteiger partial charge in [-0.2, -0.15) is 0 Å². The largest absolute Gasteiger partial charge is 0.369 e. The fourth-order valence-electron chi connectivity index (χ4n) is 1.58. The maximum atomic E-state index is 11.7. The van der Waals surface area contributed by atoms with Crippen LogP contribution >= 0.6 is 0 Å². The third-order valence-corrected chi connectivity index (χ3v) is 2.72. The fourth-order valence-corrected chi connectivity index (χ4v) is 1.58. The van der Waals surface area contributed by atoms with Crippen molar-refractivity contribution in [2.45, 2.75) is 27.2 Å². The molecule has 0 aliphatic rings. The van der Waals surface area contributed by atoms with Crippen LogP contribution in [0.2, 0.25) is 0 Å². The Kier molecular flexibility index (Phi) is 4.26. The normalized spacial score (nSPS) is 11.9. The Morgan fingerprint density at radius 2 is 1.82 bits per heavy atom. The molecule has 1 aromatic carbocycles. The Morgan fingerprint density at radius 3 is 2.29 bits per heavy atom. The molecule has 0 aromatic heterocycles. The summed E-state index contributed by atoms with van der Waals surface area (Å²) >= 11 is 0. The van der Waals surface area contributed by atoms with E-state index in [9.17, 15) is 9.59 Å².